The maximum Gasteiger partial charge on any atom is 0.354 e. The number of nitrogens with zero attached hydrogens (tertiary/aromatic N) is 5. The van der Waals surface area contributed by atoms with Crippen molar-refractivity contribution in [2.24, 2.45) is 0 Å². The summed E-state index contributed by atoms with van der Waals surface area (Å²) in [5.41, 5.74) is -0.0521. The first-order valence-corrected chi connectivity index (χ1v) is 9.64. The van der Waals surface area contributed by atoms with E-state index in [0.29, 0.717) is 24.2 Å². The molecule has 0 atom stereocenters. The fourth-order valence-corrected chi connectivity index (χ4v) is 3.21. The normalized spacial score (nSPS) is 11.3. The van der Waals surface area contributed by atoms with Crippen molar-refractivity contribution in [3.8, 4) is 16.9 Å². The highest BCUT2D eigenvalue weighted by atomic mass is 19.1. The van der Waals surface area contributed by atoms with Crippen molar-refractivity contribution < 1.29 is 8.78 Å². The molecule has 0 radical (unpaired) electrons. The molecule has 0 bridgehead atoms. The van der Waals surface area contributed by atoms with E-state index in [2.05, 4.69) is 20.3 Å². The average Bonchev–Trinajstić information content (AvgIpc) is 2.75. The lowest BCUT2D eigenvalue weighted by Crippen LogP contribution is -2.25. The van der Waals surface area contributed by atoms with Crippen molar-refractivity contribution in [3.05, 3.63) is 76.8 Å². The molecule has 0 aliphatic carbocycles. The third kappa shape index (κ3) is 4.13. The van der Waals surface area contributed by atoms with Gasteiger partial charge in [0.05, 0.1) is 11.1 Å². The summed E-state index contributed by atoms with van der Waals surface area (Å²) in [6.07, 6.45) is 1.33. The van der Waals surface area contributed by atoms with Crippen LogP contribution in [0, 0.1) is 11.6 Å². The highest BCUT2D eigenvalue weighted by Gasteiger charge is 2.20. The summed E-state index contributed by atoms with van der Waals surface area (Å²) in [5.74, 6) is -1.54. The first-order chi connectivity index (χ1) is 15.0. The third-order valence-electron chi connectivity index (χ3n) is 4.68. The molecule has 4 aromatic rings. The van der Waals surface area contributed by atoms with Crippen molar-refractivity contribution >= 4 is 17.0 Å². The van der Waals surface area contributed by atoms with Gasteiger partial charge in [0.25, 0.3) is 0 Å². The lowest BCUT2D eigenvalue weighted by Gasteiger charge is -2.15. The number of benzene rings is 2. The maximum atomic E-state index is 14.6. The molecule has 0 saturated carbocycles. The smallest absolute Gasteiger partial charge is 0.353 e. The molecule has 7 nitrogen and oxygen atoms in total. The van der Waals surface area contributed by atoms with E-state index >= 15 is 0 Å². The number of anilines is 1. The molecule has 0 spiro atoms. The van der Waals surface area contributed by atoms with Gasteiger partial charge in [-0.05, 0) is 26.2 Å². The Labute approximate surface area is 177 Å². The molecule has 2 aromatic carbocycles. The molecule has 158 valence electrons. The number of rotatable bonds is 6. The Morgan fingerprint density at radius 1 is 1.00 bits per heavy atom. The SMILES string of the molecule is CN(C)CCNc1nc(-c2ccccc2)c2cnc(=O)n(-c3c(F)cccc3F)c2n1. The lowest BCUT2D eigenvalue weighted by atomic mass is 10.1. The number of hydrogen-bond acceptors (Lipinski definition) is 6. The van der Waals surface area contributed by atoms with Crippen LogP contribution in [0.15, 0.2) is 59.5 Å². The van der Waals surface area contributed by atoms with Gasteiger partial charge in [-0.15, -0.1) is 0 Å². The predicted molar refractivity (Wildman–Crippen MR) is 115 cm³/mol. The second-order valence-electron chi connectivity index (χ2n) is 7.18. The Balaban J connectivity index is 2.01. The summed E-state index contributed by atoms with van der Waals surface area (Å²) in [7, 11) is 3.87. The fraction of sp³-hybridized carbons (Fsp3) is 0.182. The Morgan fingerprint density at radius 2 is 1.71 bits per heavy atom. The van der Waals surface area contributed by atoms with E-state index in [1.165, 1.54) is 12.3 Å². The van der Waals surface area contributed by atoms with Gasteiger partial charge in [0.2, 0.25) is 5.95 Å². The Hall–Kier alpha value is -3.72. The van der Waals surface area contributed by atoms with Gasteiger partial charge < -0.3 is 10.2 Å². The average molecular weight is 422 g/mol. The quantitative estimate of drug-likeness (QED) is 0.515. The molecule has 2 heterocycles. The molecule has 0 amide bonds. The number of para-hydroxylation sites is 1. The molecule has 0 saturated heterocycles. The van der Waals surface area contributed by atoms with Crippen LogP contribution in [0.4, 0.5) is 14.7 Å². The summed E-state index contributed by atoms with van der Waals surface area (Å²) in [6, 6.07) is 12.7. The van der Waals surface area contributed by atoms with E-state index in [4.69, 9.17) is 0 Å². The van der Waals surface area contributed by atoms with Crippen LogP contribution in [0.2, 0.25) is 0 Å². The minimum Gasteiger partial charge on any atom is -0.353 e. The van der Waals surface area contributed by atoms with E-state index in [-0.39, 0.29) is 11.6 Å². The largest absolute Gasteiger partial charge is 0.354 e. The molecule has 0 aliphatic heterocycles. The van der Waals surface area contributed by atoms with Crippen molar-refractivity contribution in [2.45, 2.75) is 0 Å². The lowest BCUT2D eigenvalue weighted by molar-refractivity contribution is 0.425. The van der Waals surface area contributed by atoms with E-state index in [1.807, 2.05) is 49.3 Å². The van der Waals surface area contributed by atoms with Gasteiger partial charge in [-0.3, -0.25) is 0 Å². The highest BCUT2D eigenvalue weighted by Crippen LogP contribution is 2.28. The third-order valence-corrected chi connectivity index (χ3v) is 4.68. The van der Waals surface area contributed by atoms with Crippen molar-refractivity contribution in [3.63, 3.8) is 0 Å². The number of hydrogen-bond donors (Lipinski definition) is 1. The zero-order chi connectivity index (χ0) is 22.0. The number of nitrogens with one attached hydrogen (secondary N) is 1. The molecule has 4 rings (SSSR count). The minimum absolute atomic E-state index is 0.0604. The highest BCUT2D eigenvalue weighted by molar-refractivity contribution is 5.91. The molecule has 0 unspecified atom stereocenters. The van der Waals surface area contributed by atoms with Crippen molar-refractivity contribution in [1.29, 1.82) is 0 Å². The van der Waals surface area contributed by atoms with Gasteiger partial charge in [0.1, 0.15) is 17.3 Å². The van der Waals surface area contributed by atoms with E-state index in [0.717, 1.165) is 22.3 Å². The second kappa shape index (κ2) is 8.57. The number of halogens is 2. The van der Waals surface area contributed by atoms with Crippen LogP contribution in [-0.4, -0.2) is 51.6 Å². The summed E-state index contributed by atoms with van der Waals surface area (Å²) >= 11 is 0. The van der Waals surface area contributed by atoms with Gasteiger partial charge in [-0.1, -0.05) is 36.4 Å². The van der Waals surface area contributed by atoms with Crippen LogP contribution in [0.5, 0.6) is 0 Å². The van der Waals surface area contributed by atoms with Gasteiger partial charge in [-0.2, -0.15) is 4.98 Å². The number of fused-ring (bicyclic) bond motifs is 1. The Morgan fingerprint density at radius 3 is 2.39 bits per heavy atom. The molecular formula is C22H20F2N6O. The zero-order valence-electron chi connectivity index (χ0n) is 17.0. The maximum absolute atomic E-state index is 14.6. The zero-order valence-corrected chi connectivity index (χ0v) is 17.0. The second-order valence-corrected chi connectivity index (χ2v) is 7.18. The molecule has 1 N–H and O–H groups in total. The molecular weight excluding hydrogens is 402 g/mol. The van der Waals surface area contributed by atoms with Gasteiger partial charge in [-0.25, -0.2) is 28.1 Å². The van der Waals surface area contributed by atoms with Gasteiger partial charge in [0.15, 0.2) is 5.65 Å². The summed E-state index contributed by atoms with van der Waals surface area (Å²) < 4.78 is 30.0. The standard InChI is InChI=1S/C22H20F2N6O/c1-29(2)12-11-25-21-27-18(14-7-4-3-5-8-14)15-13-26-22(31)30(20(15)28-21)19-16(23)9-6-10-17(19)24/h3-10,13H,11-12H2,1-2H3,(H,25,27,28). The molecule has 0 fully saturated rings. The van der Waals surface area contributed by atoms with Crippen molar-refractivity contribution in [1.82, 2.24) is 24.4 Å². The van der Waals surface area contributed by atoms with Gasteiger partial charge in [0, 0.05) is 24.8 Å². The molecule has 9 heteroatoms. The summed E-state index contributed by atoms with van der Waals surface area (Å²) in [4.78, 5) is 27.5. The van der Waals surface area contributed by atoms with Crippen LogP contribution in [0.3, 0.4) is 0 Å². The first-order valence-electron chi connectivity index (χ1n) is 9.64. The van der Waals surface area contributed by atoms with Crippen LogP contribution < -0.4 is 11.0 Å². The van der Waals surface area contributed by atoms with Crippen LogP contribution in [-0.2, 0) is 0 Å². The minimum atomic E-state index is -0.890. The van der Waals surface area contributed by atoms with E-state index in [1.54, 1.807) is 0 Å². The fourth-order valence-electron chi connectivity index (χ4n) is 3.21. The summed E-state index contributed by atoms with van der Waals surface area (Å²) in [6.45, 7) is 1.25. The monoisotopic (exact) mass is 422 g/mol. The van der Waals surface area contributed by atoms with Crippen molar-refractivity contribution in [2.75, 3.05) is 32.5 Å². The van der Waals surface area contributed by atoms with Crippen LogP contribution >= 0.6 is 0 Å². The Bertz CT molecular complexity index is 1270. The molecule has 2 aromatic heterocycles. The van der Waals surface area contributed by atoms with Crippen LogP contribution in [0.1, 0.15) is 0 Å². The van der Waals surface area contributed by atoms with E-state index < -0.39 is 23.0 Å². The molecule has 31 heavy (non-hydrogen) atoms. The predicted octanol–water partition coefficient (Wildman–Crippen LogP) is 3.09. The van der Waals surface area contributed by atoms with Gasteiger partial charge >= 0.3 is 5.69 Å². The Kier molecular flexibility index (Phi) is 5.68. The topological polar surface area (TPSA) is 75.9 Å². The number of likely N-dealkylation sites (N-methyl/N-ethyl adjacent to an activating group) is 1. The van der Waals surface area contributed by atoms with E-state index in [9.17, 15) is 13.6 Å². The number of aromatic nitrogens is 4. The summed E-state index contributed by atoms with van der Waals surface area (Å²) in [5, 5.41) is 3.51. The molecule has 0 aliphatic rings. The first kappa shape index (κ1) is 20.5. The van der Waals surface area contributed by atoms with Crippen LogP contribution in [0.25, 0.3) is 28.0 Å².